The molecular weight excluding hydrogens is 566 g/mol. The van der Waals surface area contributed by atoms with Crippen LogP contribution in [0.1, 0.15) is 17.3 Å². The first kappa shape index (κ1) is 26.5. The standard InChI is InChI=1S/C26H17Cl5N2O3/c1-15(34)33(14-26(30,31)25(35)16-8-10-18(27)11-9-16)19-5-2-4-17(12-19)23-13-22(32-36-23)24-20(28)6-3-7-21(24)29/h2-13H,14H2,1H3. The van der Waals surface area contributed by atoms with Gasteiger partial charge in [-0.05, 0) is 48.5 Å². The maximum Gasteiger partial charge on any atom is 0.223 e. The van der Waals surface area contributed by atoms with Crippen molar-refractivity contribution in [1.82, 2.24) is 5.16 Å². The minimum Gasteiger partial charge on any atom is -0.356 e. The Morgan fingerprint density at radius 2 is 1.56 bits per heavy atom. The summed E-state index contributed by atoms with van der Waals surface area (Å²) < 4.78 is 3.62. The Kier molecular flexibility index (Phi) is 7.98. The second-order valence-electron chi connectivity index (χ2n) is 7.87. The van der Waals surface area contributed by atoms with Crippen molar-refractivity contribution in [3.05, 3.63) is 93.4 Å². The van der Waals surface area contributed by atoms with E-state index in [1.165, 1.54) is 24.0 Å². The maximum atomic E-state index is 13.0. The van der Waals surface area contributed by atoms with E-state index >= 15 is 0 Å². The van der Waals surface area contributed by atoms with Crippen molar-refractivity contribution in [1.29, 1.82) is 0 Å². The molecular formula is C26H17Cl5N2O3. The van der Waals surface area contributed by atoms with Crippen LogP contribution in [0.5, 0.6) is 0 Å². The van der Waals surface area contributed by atoms with Crippen molar-refractivity contribution < 1.29 is 14.1 Å². The zero-order valence-corrected chi connectivity index (χ0v) is 22.4. The third-order valence-corrected chi connectivity index (χ3v) is 6.81. The fourth-order valence-electron chi connectivity index (χ4n) is 3.57. The molecule has 184 valence electrons. The molecule has 4 aromatic rings. The Bertz CT molecular complexity index is 1410. The molecule has 0 atom stereocenters. The van der Waals surface area contributed by atoms with E-state index in [2.05, 4.69) is 5.16 Å². The highest BCUT2D eigenvalue weighted by atomic mass is 35.5. The molecule has 0 N–H and O–H groups in total. The van der Waals surface area contributed by atoms with Gasteiger partial charge >= 0.3 is 0 Å². The highest BCUT2D eigenvalue weighted by molar-refractivity contribution is 6.60. The van der Waals surface area contributed by atoms with E-state index in [4.69, 9.17) is 62.5 Å². The van der Waals surface area contributed by atoms with Crippen LogP contribution >= 0.6 is 58.0 Å². The fraction of sp³-hybridized carbons (Fsp3) is 0.115. The van der Waals surface area contributed by atoms with Gasteiger partial charge in [-0.15, -0.1) is 0 Å². The van der Waals surface area contributed by atoms with Crippen LogP contribution in [0.4, 0.5) is 5.69 Å². The number of aromatic nitrogens is 1. The van der Waals surface area contributed by atoms with Crippen LogP contribution in [0.3, 0.4) is 0 Å². The largest absolute Gasteiger partial charge is 0.356 e. The van der Waals surface area contributed by atoms with Crippen molar-refractivity contribution in [2.75, 3.05) is 11.4 Å². The molecule has 0 unspecified atom stereocenters. The Hall–Kier alpha value is -2.54. The number of benzene rings is 3. The van der Waals surface area contributed by atoms with Crippen molar-refractivity contribution in [3.8, 4) is 22.6 Å². The summed E-state index contributed by atoms with van der Waals surface area (Å²) >= 11 is 31.4. The molecule has 0 fully saturated rings. The topological polar surface area (TPSA) is 63.4 Å². The number of Topliss-reactive ketones (excluding diaryl/α,β-unsaturated/α-hetero) is 1. The van der Waals surface area contributed by atoms with Crippen molar-refractivity contribution in [2.45, 2.75) is 11.3 Å². The van der Waals surface area contributed by atoms with Gasteiger partial charge in [0.25, 0.3) is 0 Å². The lowest BCUT2D eigenvalue weighted by Gasteiger charge is -2.28. The number of amides is 1. The highest BCUT2D eigenvalue weighted by Gasteiger charge is 2.38. The number of ketones is 1. The summed E-state index contributed by atoms with van der Waals surface area (Å²) in [5.74, 6) is -0.490. The van der Waals surface area contributed by atoms with E-state index < -0.39 is 10.1 Å². The molecule has 5 nitrogen and oxygen atoms in total. The minimum atomic E-state index is -1.91. The van der Waals surface area contributed by atoms with Gasteiger partial charge in [-0.2, -0.15) is 0 Å². The number of nitrogens with zero attached hydrogens (tertiary/aromatic N) is 2. The summed E-state index contributed by atoms with van der Waals surface area (Å²) in [7, 11) is 0. The van der Waals surface area contributed by atoms with Crippen LogP contribution < -0.4 is 4.90 Å². The van der Waals surface area contributed by atoms with Crippen LogP contribution in [0.2, 0.25) is 15.1 Å². The normalized spacial score (nSPS) is 11.4. The first-order valence-corrected chi connectivity index (χ1v) is 12.4. The minimum absolute atomic E-state index is 0.272. The van der Waals surface area contributed by atoms with Gasteiger partial charge in [-0.1, -0.05) is 81.4 Å². The molecule has 0 saturated heterocycles. The summed E-state index contributed by atoms with van der Waals surface area (Å²) in [6.07, 6.45) is 0. The zero-order valence-electron chi connectivity index (χ0n) is 18.6. The van der Waals surface area contributed by atoms with Crippen LogP contribution in [0.15, 0.2) is 77.3 Å². The Balaban J connectivity index is 1.63. The molecule has 0 aliphatic rings. The van der Waals surface area contributed by atoms with Crippen LogP contribution in [0, 0.1) is 0 Å². The number of carbonyl (C=O) groups is 2. The van der Waals surface area contributed by atoms with Gasteiger partial charge in [0, 0.05) is 40.4 Å². The molecule has 0 saturated carbocycles. The molecule has 0 radical (unpaired) electrons. The number of anilines is 1. The smallest absolute Gasteiger partial charge is 0.223 e. The van der Waals surface area contributed by atoms with Gasteiger partial charge in [0.1, 0.15) is 5.69 Å². The highest BCUT2D eigenvalue weighted by Crippen LogP contribution is 2.37. The molecule has 1 heterocycles. The summed E-state index contributed by atoms with van der Waals surface area (Å²) in [6, 6.07) is 19.9. The van der Waals surface area contributed by atoms with Gasteiger partial charge in [-0.3, -0.25) is 9.59 Å². The second kappa shape index (κ2) is 10.8. The first-order chi connectivity index (χ1) is 17.1. The van der Waals surface area contributed by atoms with E-state index in [1.54, 1.807) is 60.7 Å². The van der Waals surface area contributed by atoms with Crippen LogP contribution in [-0.4, -0.2) is 27.7 Å². The van der Waals surface area contributed by atoms with Gasteiger partial charge in [0.05, 0.1) is 16.6 Å². The molecule has 1 aromatic heterocycles. The lowest BCUT2D eigenvalue weighted by Crippen LogP contribution is -2.43. The van der Waals surface area contributed by atoms with Crippen molar-refractivity contribution in [3.63, 3.8) is 0 Å². The molecule has 3 aromatic carbocycles. The third kappa shape index (κ3) is 5.72. The fourth-order valence-corrected chi connectivity index (χ4v) is 4.74. The number of hydrogen-bond donors (Lipinski definition) is 0. The van der Waals surface area contributed by atoms with Gasteiger partial charge in [0.15, 0.2) is 10.1 Å². The Morgan fingerprint density at radius 3 is 2.19 bits per heavy atom. The predicted octanol–water partition coefficient (Wildman–Crippen LogP) is 8.38. The van der Waals surface area contributed by atoms with Gasteiger partial charge < -0.3 is 9.42 Å². The molecule has 10 heteroatoms. The SMILES string of the molecule is CC(=O)N(CC(Cl)(Cl)C(=O)c1ccc(Cl)cc1)c1cccc(-c2cc(-c3c(Cl)cccc3Cl)no2)c1. The average molecular weight is 583 g/mol. The number of hydrogen-bond acceptors (Lipinski definition) is 4. The predicted molar refractivity (Wildman–Crippen MR) is 146 cm³/mol. The van der Waals surface area contributed by atoms with E-state index in [0.29, 0.717) is 43.3 Å². The third-order valence-electron chi connectivity index (χ3n) is 5.35. The van der Waals surface area contributed by atoms with E-state index in [0.717, 1.165) is 0 Å². The lowest BCUT2D eigenvalue weighted by atomic mass is 10.1. The Morgan fingerprint density at radius 1 is 0.917 bits per heavy atom. The molecule has 36 heavy (non-hydrogen) atoms. The summed E-state index contributed by atoms with van der Waals surface area (Å²) in [4.78, 5) is 26.8. The molecule has 1 amide bonds. The zero-order chi connectivity index (χ0) is 26.0. The molecule has 0 bridgehead atoms. The monoisotopic (exact) mass is 580 g/mol. The number of carbonyl (C=O) groups excluding carboxylic acids is 2. The second-order valence-corrected chi connectivity index (χ2v) is 10.6. The van der Waals surface area contributed by atoms with Gasteiger partial charge in [0.2, 0.25) is 11.7 Å². The van der Waals surface area contributed by atoms with Gasteiger partial charge in [-0.25, -0.2) is 0 Å². The lowest BCUT2D eigenvalue weighted by molar-refractivity contribution is -0.116. The van der Waals surface area contributed by atoms with Crippen LogP contribution in [-0.2, 0) is 4.79 Å². The number of alkyl halides is 2. The molecule has 0 spiro atoms. The summed E-state index contributed by atoms with van der Waals surface area (Å²) in [5, 5.41) is 5.43. The number of rotatable bonds is 7. The average Bonchev–Trinajstić information content (AvgIpc) is 3.32. The Labute approximate surface area is 232 Å². The first-order valence-electron chi connectivity index (χ1n) is 10.5. The van der Waals surface area contributed by atoms with E-state index in [1.807, 2.05) is 0 Å². The maximum absolute atomic E-state index is 13.0. The van der Waals surface area contributed by atoms with E-state index in [-0.39, 0.29) is 18.0 Å². The van der Waals surface area contributed by atoms with Crippen molar-refractivity contribution >= 4 is 75.4 Å². The van der Waals surface area contributed by atoms with Crippen molar-refractivity contribution in [2.24, 2.45) is 0 Å². The quantitative estimate of drug-likeness (QED) is 0.162. The van der Waals surface area contributed by atoms with Crippen LogP contribution in [0.25, 0.3) is 22.6 Å². The number of halogens is 5. The summed E-state index contributed by atoms with van der Waals surface area (Å²) in [5.41, 5.74) is 2.37. The van der Waals surface area contributed by atoms with E-state index in [9.17, 15) is 9.59 Å². The molecule has 0 aliphatic heterocycles. The molecule has 4 rings (SSSR count). The summed E-state index contributed by atoms with van der Waals surface area (Å²) in [6.45, 7) is 1.07. The molecule has 0 aliphatic carbocycles.